The number of allylic oxidation sites excluding steroid dienone is 1. The first kappa shape index (κ1) is 10.2. The second-order valence-electron chi connectivity index (χ2n) is 5.11. The van der Waals surface area contributed by atoms with Crippen LogP contribution in [0.4, 0.5) is 0 Å². The van der Waals surface area contributed by atoms with Gasteiger partial charge >= 0.3 is 0 Å². The van der Waals surface area contributed by atoms with E-state index in [-0.39, 0.29) is 0 Å². The molecule has 14 heavy (non-hydrogen) atoms. The summed E-state index contributed by atoms with van der Waals surface area (Å²) in [7, 11) is 0. The summed E-state index contributed by atoms with van der Waals surface area (Å²) in [4.78, 5) is 0. The molecule has 1 atom stereocenters. The highest BCUT2D eigenvalue weighted by molar-refractivity contribution is 5.16. The third-order valence-corrected chi connectivity index (χ3v) is 4.20. The van der Waals surface area contributed by atoms with Crippen molar-refractivity contribution in [3.05, 3.63) is 11.6 Å². The van der Waals surface area contributed by atoms with Gasteiger partial charge in [0.05, 0.1) is 0 Å². The lowest BCUT2D eigenvalue weighted by Gasteiger charge is -2.39. The van der Waals surface area contributed by atoms with E-state index >= 15 is 0 Å². The highest BCUT2D eigenvalue weighted by atomic mass is 14.9. The monoisotopic (exact) mass is 193 g/mol. The van der Waals surface area contributed by atoms with Crippen molar-refractivity contribution in [2.75, 3.05) is 6.54 Å². The van der Waals surface area contributed by atoms with Gasteiger partial charge in [0, 0.05) is 6.04 Å². The number of hydrogen-bond donors (Lipinski definition) is 1. The Morgan fingerprint density at radius 1 is 1.43 bits per heavy atom. The van der Waals surface area contributed by atoms with Crippen LogP contribution in [0.2, 0.25) is 0 Å². The Hall–Kier alpha value is -0.300. The average molecular weight is 193 g/mol. The SMILES string of the molecule is CCC1(/C=C(/C)C2CCCN2)CCC1. The Morgan fingerprint density at radius 2 is 2.21 bits per heavy atom. The Kier molecular flexibility index (Phi) is 2.96. The number of hydrogen-bond acceptors (Lipinski definition) is 1. The molecule has 2 aliphatic rings. The molecule has 0 radical (unpaired) electrons. The average Bonchev–Trinajstić information content (AvgIpc) is 2.63. The van der Waals surface area contributed by atoms with Gasteiger partial charge in [0.1, 0.15) is 0 Å². The van der Waals surface area contributed by atoms with Crippen LogP contribution in [-0.4, -0.2) is 12.6 Å². The first-order valence-corrected chi connectivity index (χ1v) is 6.18. The highest BCUT2D eigenvalue weighted by Gasteiger charge is 2.33. The van der Waals surface area contributed by atoms with Crippen LogP contribution in [0.3, 0.4) is 0 Å². The van der Waals surface area contributed by atoms with Gasteiger partial charge in [-0.2, -0.15) is 0 Å². The van der Waals surface area contributed by atoms with Crippen molar-refractivity contribution in [2.24, 2.45) is 5.41 Å². The normalized spacial score (nSPS) is 31.6. The zero-order valence-electron chi connectivity index (χ0n) is 9.60. The van der Waals surface area contributed by atoms with Gasteiger partial charge in [-0.3, -0.25) is 0 Å². The highest BCUT2D eigenvalue weighted by Crippen LogP contribution is 2.46. The standard InChI is InChI=1S/C13H23N/c1-3-13(7-5-8-13)10-11(2)12-6-4-9-14-12/h10,12,14H,3-9H2,1-2H3/b11-10-. The van der Waals surface area contributed by atoms with Crippen LogP contribution in [0, 0.1) is 5.41 Å². The molecule has 1 saturated heterocycles. The molecule has 1 aliphatic heterocycles. The van der Waals surface area contributed by atoms with Gasteiger partial charge in [-0.1, -0.05) is 25.0 Å². The minimum atomic E-state index is 0.592. The van der Waals surface area contributed by atoms with Gasteiger partial charge in [0.2, 0.25) is 0 Å². The van der Waals surface area contributed by atoms with Crippen molar-refractivity contribution in [1.82, 2.24) is 5.32 Å². The van der Waals surface area contributed by atoms with Gasteiger partial charge < -0.3 is 5.32 Å². The summed E-state index contributed by atoms with van der Waals surface area (Å²) < 4.78 is 0. The number of rotatable bonds is 3. The molecular weight excluding hydrogens is 170 g/mol. The minimum absolute atomic E-state index is 0.592. The Balaban J connectivity index is 2.00. The molecule has 1 unspecified atom stereocenters. The molecule has 0 bridgehead atoms. The van der Waals surface area contributed by atoms with Crippen molar-refractivity contribution >= 4 is 0 Å². The molecule has 2 rings (SSSR count). The lowest BCUT2D eigenvalue weighted by atomic mass is 9.66. The van der Waals surface area contributed by atoms with Gasteiger partial charge in [-0.05, 0) is 51.0 Å². The molecule has 1 aliphatic carbocycles. The van der Waals surface area contributed by atoms with Crippen LogP contribution in [0.15, 0.2) is 11.6 Å². The van der Waals surface area contributed by atoms with E-state index in [0.29, 0.717) is 11.5 Å². The molecule has 1 heteroatoms. The fourth-order valence-electron chi connectivity index (χ4n) is 2.89. The summed E-state index contributed by atoms with van der Waals surface area (Å²) in [6.07, 6.45) is 10.9. The maximum atomic E-state index is 3.58. The van der Waals surface area contributed by atoms with Crippen molar-refractivity contribution < 1.29 is 0 Å². The van der Waals surface area contributed by atoms with E-state index in [1.807, 2.05) is 0 Å². The van der Waals surface area contributed by atoms with Crippen LogP contribution >= 0.6 is 0 Å². The summed E-state index contributed by atoms with van der Waals surface area (Å²) in [6.45, 7) is 5.87. The second-order valence-corrected chi connectivity index (χ2v) is 5.11. The van der Waals surface area contributed by atoms with Gasteiger partial charge in [0.15, 0.2) is 0 Å². The van der Waals surface area contributed by atoms with E-state index in [4.69, 9.17) is 0 Å². The molecule has 0 aromatic rings. The summed E-state index contributed by atoms with van der Waals surface area (Å²) in [5.74, 6) is 0. The van der Waals surface area contributed by atoms with Gasteiger partial charge in [-0.15, -0.1) is 0 Å². The number of nitrogens with one attached hydrogen (secondary N) is 1. The Morgan fingerprint density at radius 3 is 2.64 bits per heavy atom. The van der Waals surface area contributed by atoms with E-state index in [1.165, 1.54) is 45.1 Å². The second kappa shape index (κ2) is 4.06. The summed E-state index contributed by atoms with van der Waals surface area (Å²) in [6, 6.07) is 0.694. The zero-order valence-corrected chi connectivity index (χ0v) is 9.60. The van der Waals surface area contributed by atoms with Crippen molar-refractivity contribution in [2.45, 2.75) is 58.4 Å². The molecule has 0 aromatic carbocycles. The third kappa shape index (κ3) is 1.88. The minimum Gasteiger partial charge on any atom is -0.310 e. The topological polar surface area (TPSA) is 12.0 Å². The van der Waals surface area contributed by atoms with E-state index in [2.05, 4.69) is 25.2 Å². The van der Waals surface area contributed by atoms with E-state index in [1.54, 1.807) is 5.57 Å². The predicted octanol–water partition coefficient (Wildman–Crippen LogP) is 3.27. The largest absolute Gasteiger partial charge is 0.310 e. The lowest BCUT2D eigenvalue weighted by molar-refractivity contribution is 0.194. The first-order valence-electron chi connectivity index (χ1n) is 6.18. The van der Waals surface area contributed by atoms with E-state index in [9.17, 15) is 0 Å². The molecule has 0 aromatic heterocycles. The van der Waals surface area contributed by atoms with Crippen molar-refractivity contribution in [3.63, 3.8) is 0 Å². The smallest absolute Gasteiger partial charge is 0.0277 e. The molecule has 1 heterocycles. The van der Waals surface area contributed by atoms with Crippen LogP contribution in [0.1, 0.15) is 52.4 Å². The molecule has 1 nitrogen and oxygen atoms in total. The zero-order chi connectivity index (χ0) is 10.0. The molecule has 80 valence electrons. The van der Waals surface area contributed by atoms with Crippen LogP contribution in [0.25, 0.3) is 0 Å². The molecular formula is C13H23N. The summed E-state index contributed by atoms with van der Waals surface area (Å²) >= 11 is 0. The molecule has 2 fully saturated rings. The van der Waals surface area contributed by atoms with Crippen LogP contribution in [0.5, 0.6) is 0 Å². The first-order chi connectivity index (χ1) is 6.76. The Labute approximate surface area is 88.0 Å². The maximum absolute atomic E-state index is 3.58. The summed E-state index contributed by atoms with van der Waals surface area (Å²) in [5.41, 5.74) is 2.19. The third-order valence-electron chi connectivity index (χ3n) is 4.20. The molecule has 0 amide bonds. The van der Waals surface area contributed by atoms with Crippen molar-refractivity contribution in [3.8, 4) is 0 Å². The molecule has 0 spiro atoms. The Bertz CT molecular complexity index is 214. The van der Waals surface area contributed by atoms with E-state index < -0.39 is 0 Å². The fourth-order valence-corrected chi connectivity index (χ4v) is 2.89. The van der Waals surface area contributed by atoms with E-state index in [0.717, 1.165) is 0 Å². The van der Waals surface area contributed by atoms with Gasteiger partial charge in [-0.25, -0.2) is 0 Å². The quantitative estimate of drug-likeness (QED) is 0.678. The maximum Gasteiger partial charge on any atom is 0.0277 e. The molecule has 1 saturated carbocycles. The van der Waals surface area contributed by atoms with Crippen molar-refractivity contribution in [1.29, 1.82) is 0 Å². The van der Waals surface area contributed by atoms with Crippen LogP contribution < -0.4 is 5.32 Å². The predicted molar refractivity (Wildman–Crippen MR) is 61.4 cm³/mol. The molecule has 1 N–H and O–H groups in total. The lowest BCUT2D eigenvalue weighted by Crippen LogP contribution is -2.29. The van der Waals surface area contributed by atoms with Crippen LogP contribution in [-0.2, 0) is 0 Å². The fraction of sp³-hybridized carbons (Fsp3) is 0.846. The van der Waals surface area contributed by atoms with Gasteiger partial charge in [0.25, 0.3) is 0 Å². The summed E-state index contributed by atoms with van der Waals surface area (Å²) in [5, 5.41) is 3.58.